The van der Waals surface area contributed by atoms with E-state index in [1.165, 1.54) is 16.7 Å². The van der Waals surface area contributed by atoms with Gasteiger partial charge in [0.05, 0.1) is 18.1 Å². The molecule has 122 valence electrons. The van der Waals surface area contributed by atoms with Crippen molar-refractivity contribution in [1.82, 2.24) is 9.88 Å². The first-order chi connectivity index (χ1) is 10.9. The highest BCUT2D eigenvalue weighted by atomic mass is 79.9. The van der Waals surface area contributed by atoms with Crippen LogP contribution in [0.4, 0.5) is 0 Å². The first-order valence-electron chi connectivity index (χ1n) is 7.10. The predicted octanol–water partition coefficient (Wildman–Crippen LogP) is 1.99. The number of aliphatic hydroxyl groups is 1. The fourth-order valence-corrected chi connectivity index (χ4v) is 4.59. The third-order valence-corrected chi connectivity index (χ3v) is 5.69. The maximum Gasteiger partial charge on any atom is 0.353 e. The number of β-lactam (4-membered cyclic amide) rings is 1. The van der Waals surface area contributed by atoms with Crippen LogP contribution in [0.2, 0.25) is 0 Å². The number of aromatic nitrogens is 1. The maximum absolute atomic E-state index is 12.1. The van der Waals surface area contributed by atoms with Gasteiger partial charge < -0.3 is 15.1 Å². The topological polar surface area (TPSA) is 90.7 Å². The van der Waals surface area contributed by atoms with E-state index in [1.807, 2.05) is 6.07 Å². The third-order valence-electron chi connectivity index (χ3n) is 4.07. The number of hydrogen-bond acceptors (Lipinski definition) is 5. The van der Waals surface area contributed by atoms with Crippen molar-refractivity contribution in [2.45, 2.75) is 31.2 Å². The summed E-state index contributed by atoms with van der Waals surface area (Å²) in [7, 11) is 0. The maximum atomic E-state index is 12.1. The van der Waals surface area contributed by atoms with Crippen LogP contribution in [0.3, 0.4) is 0 Å². The molecule has 1 saturated heterocycles. The minimum atomic E-state index is -1.10. The zero-order chi connectivity index (χ0) is 16.7. The summed E-state index contributed by atoms with van der Waals surface area (Å²) in [5.41, 5.74) is 1.03. The van der Waals surface area contributed by atoms with Crippen molar-refractivity contribution < 1.29 is 19.8 Å². The molecule has 1 aromatic heterocycles. The average molecular weight is 399 g/mol. The van der Waals surface area contributed by atoms with Crippen LogP contribution in [-0.2, 0) is 15.3 Å². The fourth-order valence-electron chi connectivity index (χ4n) is 3.06. The third kappa shape index (κ3) is 2.90. The first-order valence-corrected chi connectivity index (χ1v) is 8.87. The van der Waals surface area contributed by atoms with Gasteiger partial charge in [0.2, 0.25) is 5.91 Å². The molecule has 0 saturated carbocycles. The lowest BCUT2D eigenvalue weighted by atomic mass is 9.83. The molecule has 0 unspecified atom stereocenters. The number of aliphatic hydroxyl groups excluding tert-OH is 1. The van der Waals surface area contributed by atoms with Gasteiger partial charge in [-0.3, -0.25) is 9.78 Å². The molecule has 2 aliphatic heterocycles. The van der Waals surface area contributed by atoms with E-state index in [1.54, 1.807) is 19.3 Å². The molecule has 6 nitrogen and oxygen atoms in total. The summed E-state index contributed by atoms with van der Waals surface area (Å²) in [5.74, 6) is -1.33. The number of thioether (sulfide) groups is 1. The van der Waals surface area contributed by atoms with Crippen LogP contribution in [0.5, 0.6) is 0 Å². The smallest absolute Gasteiger partial charge is 0.353 e. The summed E-state index contributed by atoms with van der Waals surface area (Å²) < 4.78 is 0.864. The molecule has 2 aliphatic rings. The average Bonchev–Trinajstić information content (AvgIpc) is 2.79. The van der Waals surface area contributed by atoms with Crippen LogP contribution in [0.1, 0.15) is 18.9 Å². The molecule has 2 N–H and O–H groups in total. The molecule has 1 fully saturated rings. The Bertz CT molecular complexity index is 706. The predicted molar refractivity (Wildman–Crippen MR) is 88.3 cm³/mol. The van der Waals surface area contributed by atoms with E-state index in [9.17, 15) is 19.8 Å². The van der Waals surface area contributed by atoms with Crippen molar-refractivity contribution in [3.05, 3.63) is 39.1 Å². The van der Waals surface area contributed by atoms with Gasteiger partial charge >= 0.3 is 5.97 Å². The largest absolute Gasteiger partial charge is 0.477 e. The number of halogens is 1. The zero-order valence-electron chi connectivity index (χ0n) is 12.3. The quantitative estimate of drug-likeness (QED) is 0.736. The van der Waals surface area contributed by atoms with Gasteiger partial charge in [0.25, 0.3) is 0 Å². The highest BCUT2D eigenvalue weighted by Gasteiger charge is 2.56. The summed E-state index contributed by atoms with van der Waals surface area (Å²) in [6.07, 6.45) is 3.13. The standard InChI is InChI=1S/C15H15BrN2O4S/c1-7(19)12-10-3-11(13(15(21)22)18(10)14(12)20)23-6-8-2-9(16)5-17-4-8/h2,4-5,7,10,12,19H,3,6H2,1H3,(H,21,22)/t7-,10-,12-/m1/s1. The van der Waals surface area contributed by atoms with E-state index in [-0.39, 0.29) is 17.6 Å². The fraction of sp³-hybridized carbons (Fsp3) is 0.400. The monoisotopic (exact) mass is 398 g/mol. The van der Waals surface area contributed by atoms with Gasteiger partial charge in [0, 0.05) is 33.9 Å². The van der Waals surface area contributed by atoms with E-state index < -0.39 is 18.0 Å². The second-order valence-electron chi connectivity index (χ2n) is 5.62. The number of carboxylic acids is 1. The lowest BCUT2D eigenvalue weighted by molar-refractivity contribution is -0.161. The molecular weight excluding hydrogens is 384 g/mol. The van der Waals surface area contributed by atoms with Crippen molar-refractivity contribution in [3.8, 4) is 0 Å². The van der Waals surface area contributed by atoms with Crippen LogP contribution in [0.15, 0.2) is 33.5 Å². The number of rotatable bonds is 5. The zero-order valence-corrected chi connectivity index (χ0v) is 14.7. The van der Waals surface area contributed by atoms with Crippen molar-refractivity contribution in [3.63, 3.8) is 0 Å². The van der Waals surface area contributed by atoms with Crippen LogP contribution < -0.4 is 0 Å². The number of aliphatic carboxylic acids is 1. The number of fused-ring (bicyclic) bond motifs is 1. The highest BCUT2D eigenvalue weighted by molar-refractivity contribution is 9.10. The van der Waals surface area contributed by atoms with E-state index in [0.717, 1.165) is 10.0 Å². The Labute approximate surface area is 145 Å². The Kier molecular flexibility index (Phi) is 4.48. The SMILES string of the molecule is C[C@@H](O)[C@H]1C(=O)N2C(C(=O)O)=C(SCc3cncc(Br)c3)C[C@H]12. The lowest BCUT2D eigenvalue weighted by Gasteiger charge is -2.44. The molecule has 3 rings (SSSR count). The molecule has 1 amide bonds. The Morgan fingerprint density at radius 3 is 2.91 bits per heavy atom. The number of carboxylic acid groups (broad SMARTS) is 1. The van der Waals surface area contributed by atoms with Crippen molar-refractivity contribution in [2.24, 2.45) is 5.92 Å². The second-order valence-corrected chi connectivity index (χ2v) is 7.61. The Morgan fingerprint density at radius 2 is 2.30 bits per heavy atom. The Balaban J connectivity index is 1.78. The van der Waals surface area contributed by atoms with Crippen LogP contribution in [0.25, 0.3) is 0 Å². The number of pyridine rings is 1. The molecule has 3 heterocycles. The van der Waals surface area contributed by atoms with E-state index in [2.05, 4.69) is 20.9 Å². The molecule has 0 bridgehead atoms. The first kappa shape index (κ1) is 16.5. The molecular formula is C15H15BrN2O4S. The van der Waals surface area contributed by atoms with E-state index in [4.69, 9.17) is 0 Å². The summed E-state index contributed by atoms with van der Waals surface area (Å²) in [6.45, 7) is 1.57. The summed E-state index contributed by atoms with van der Waals surface area (Å²) >= 11 is 4.76. The number of nitrogens with zero attached hydrogens (tertiary/aromatic N) is 2. The molecule has 1 aromatic rings. The molecule has 0 aromatic carbocycles. The number of hydrogen-bond donors (Lipinski definition) is 2. The summed E-state index contributed by atoms with van der Waals surface area (Å²) in [4.78, 5) is 29.7. The molecule has 23 heavy (non-hydrogen) atoms. The normalized spacial score (nSPS) is 24.5. The minimum Gasteiger partial charge on any atom is -0.477 e. The summed E-state index contributed by atoms with van der Waals surface area (Å²) in [5, 5.41) is 19.1. The van der Waals surface area contributed by atoms with Gasteiger partial charge in [-0.25, -0.2) is 4.79 Å². The number of amides is 1. The lowest BCUT2D eigenvalue weighted by Crippen LogP contribution is -2.61. The van der Waals surface area contributed by atoms with Gasteiger partial charge in [-0.15, -0.1) is 11.8 Å². The van der Waals surface area contributed by atoms with E-state index in [0.29, 0.717) is 17.1 Å². The Hall–Kier alpha value is -1.38. The molecule has 0 aliphatic carbocycles. The number of carbonyl (C=O) groups is 2. The van der Waals surface area contributed by atoms with Gasteiger partial charge in [-0.05, 0) is 34.5 Å². The second kappa shape index (κ2) is 6.26. The molecule has 8 heteroatoms. The van der Waals surface area contributed by atoms with Crippen molar-refractivity contribution in [1.29, 1.82) is 0 Å². The molecule has 0 spiro atoms. The van der Waals surface area contributed by atoms with Gasteiger partial charge in [-0.1, -0.05) is 0 Å². The van der Waals surface area contributed by atoms with Gasteiger partial charge in [-0.2, -0.15) is 0 Å². The van der Waals surface area contributed by atoms with E-state index >= 15 is 0 Å². The number of carbonyl (C=O) groups excluding carboxylic acids is 1. The highest BCUT2D eigenvalue weighted by Crippen LogP contribution is 2.47. The molecule has 3 atom stereocenters. The molecule has 0 radical (unpaired) electrons. The summed E-state index contributed by atoms with van der Waals surface area (Å²) in [6, 6.07) is 1.69. The van der Waals surface area contributed by atoms with Gasteiger partial charge in [0.15, 0.2) is 0 Å². The van der Waals surface area contributed by atoms with Crippen LogP contribution in [-0.4, -0.2) is 44.1 Å². The minimum absolute atomic E-state index is 0.0601. The van der Waals surface area contributed by atoms with Crippen molar-refractivity contribution in [2.75, 3.05) is 0 Å². The van der Waals surface area contributed by atoms with Crippen LogP contribution in [0, 0.1) is 5.92 Å². The van der Waals surface area contributed by atoms with Crippen molar-refractivity contribution >= 4 is 39.6 Å². The Morgan fingerprint density at radius 1 is 1.57 bits per heavy atom. The van der Waals surface area contributed by atoms with Crippen LogP contribution >= 0.6 is 27.7 Å². The van der Waals surface area contributed by atoms with Gasteiger partial charge in [0.1, 0.15) is 5.70 Å².